The highest BCUT2D eigenvalue weighted by atomic mass is 79.9. The minimum Gasteiger partial charge on any atom is -0.392 e. The van der Waals surface area contributed by atoms with Gasteiger partial charge in [-0.3, -0.25) is 4.79 Å². The standard InChI is InChI=1S/C12H15BrO2/c1-2-10-5-9(8-14)3-4-11(10)6-12(15)7-13/h3-5,14H,2,6-8H2,1H3. The highest BCUT2D eigenvalue weighted by Gasteiger charge is 2.06. The van der Waals surface area contributed by atoms with Crippen LogP contribution >= 0.6 is 15.9 Å². The summed E-state index contributed by atoms with van der Waals surface area (Å²) in [5.74, 6) is 0.182. The third-order valence-corrected chi connectivity index (χ3v) is 3.00. The van der Waals surface area contributed by atoms with Crippen LogP contribution in [0.1, 0.15) is 23.6 Å². The number of hydrogen-bond donors (Lipinski definition) is 1. The van der Waals surface area contributed by atoms with Crippen molar-refractivity contribution in [2.75, 3.05) is 5.33 Å². The van der Waals surface area contributed by atoms with Gasteiger partial charge in [-0.05, 0) is 23.1 Å². The van der Waals surface area contributed by atoms with Crippen LogP contribution < -0.4 is 0 Å². The van der Waals surface area contributed by atoms with Crippen molar-refractivity contribution < 1.29 is 9.90 Å². The SMILES string of the molecule is CCc1cc(CO)ccc1CC(=O)CBr. The van der Waals surface area contributed by atoms with E-state index in [9.17, 15) is 4.79 Å². The molecule has 0 spiro atoms. The fraction of sp³-hybridized carbons (Fsp3) is 0.417. The molecule has 15 heavy (non-hydrogen) atoms. The summed E-state index contributed by atoms with van der Waals surface area (Å²) in [6, 6.07) is 5.78. The molecule has 0 atom stereocenters. The first-order valence-corrected chi connectivity index (χ1v) is 6.12. The van der Waals surface area contributed by atoms with E-state index >= 15 is 0 Å². The van der Waals surface area contributed by atoms with E-state index in [0.717, 1.165) is 23.1 Å². The number of hydrogen-bond acceptors (Lipinski definition) is 2. The van der Waals surface area contributed by atoms with Crippen LogP contribution in [0.4, 0.5) is 0 Å². The predicted octanol–water partition coefficient (Wildman–Crippen LogP) is 2.25. The van der Waals surface area contributed by atoms with E-state index in [0.29, 0.717) is 11.8 Å². The van der Waals surface area contributed by atoms with Crippen LogP contribution in [0, 0.1) is 0 Å². The zero-order chi connectivity index (χ0) is 11.3. The molecule has 0 saturated carbocycles. The first-order valence-electron chi connectivity index (χ1n) is 5.00. The number of aliphatic hydroxyl groups excluding tert-OH is 1. The Morgan fingerprint density at radius 3 is 2.67 bits per heavy atom. The highest BCUT2D eigenvalue weighted by molar-refractivity contribution is 9.09. The molecule has 0 heterocycles. The first kappa shape index (κ1) is 12.4. The second-order valence-corrected chi connectivity index (χ2v) is 4.02. The van der Waals surface area contributed by atoms with Crippen molar-refractivity contribution in [1.29, 1.82) is 0 Å². The van der Waals surface area contributed by atoms with E-state index in [1.807, 2.05) is 18.2 Å². The summed E-state index contributed by atoms with van der Waals surface area (Å²) in [5.41, 5.74) is 3.12. The quantitative estimate of drug-likeness (QED) is 0.834. The minimum atomic E-state index is 0.0552. The van der Waals surface area contributed by atoms with E-state index in [1.54, 1.807) is 0 Å². The Labute approximate surface area is 98.4 Å². The molecule has 0 radical (unpaired) electrons. The Morgan fingerprint density at radius 2 is 2.13 bits per heavy atom. The summed E-state index contributed by atoms with van der Waals surface area (Å²) in [6.45, 7) is 2.11. The van der Waals surface area contributed by atoms with Crippen LogP contribution in [-0.2, 0) is 24.2 Å². The molecule has 3 heteroatoms. The van der Waals surface area contributed by atoms with Crippen molar-refractivity contribution in [1.82, 2.24) is 0 Å². The Morgan fingerprint density at radius 1 is 1.40 bits per heavy atom. The summed E-state index contributed by atoms with van der Waals surface area (Å²) in [6.07, 6.45) is 1.36. The second kappa shape index (κ2) is 6.03. The van der Waals surface area contributed by atoms with Crippen molar-refractivity contribution in [3.8, 4) is 0 Å². The number of alkyl halides is 1. The molecule has 0 bridgehead atoms. The minimum absolute atomic E-state index is 0.0552. The molecule has 82 valence electrons. The van der Waals surface area contributed by atoms with E-state index in [1.165, 1.54) is 0 Å². The van der Waals surface area contributed by atoms with Gasteiger partial charge in [-0.1, -0.05) is 41.1 Å². The van der Waals surface area contributed by atoms with E-state index in [2.05, 4.69) is 22.9 Å². The van der Waals surface area contributed by atoms with Gasteiger partial charge in [-0.2, -0.15) is 0 Å². The van der Waals surface area contributed by atoms with E-state index < -0.39 is 0 Å². The smallest absolute Gasteiger partial charge is 0.147 e. The number of carbonyl (C=O) groups is 1. The first-order chi connectivity index (χ1) is 7.21. The van der Waals surface area contributed by atoms with Gasteiger partial charge in [0.1, 0.15) is 5.78 Å². The fourth-order valence-corrected chi connectivity index (χ4v) is 1.74. The van der Waals surface area contributed by atoms with Gasteiger partial charge in [-0.15, -0.1) is 0 Å². The molecule has 2 nitrogen and oxygen atoms in total. The molecule has 0 aliphatic rings. The van der Waals surface area contributed by atoms with Crippen LogP contribution in [0.3, 0.4) is 0 Å². The van der Waals surface area contributed by atoms with Crippen molar-refractivity contribution >= 4 is 21.7 Å². The number of halogens is 1. The number of carbonyl (C=O) groups excluding carboxylic acids is 1. The van der Waals surface area contributed by atoms with Gasteiger partial charge in [-0.25, -0.2) is 0 Å². The summed E-state index contributed by atoms with van der Waals surface area (Å²) >= 11 is 3.16. The average molecular weight is 271 g/mol. The molecular formula is C12H15BrO2. The summed E-state index contributed by atoms with van der Waals surface area (Å²) in [4.78, 5) is 11.3. The molecular weight excluding hydrogens is 256 g/mol. The predicted molar refractivity (Wildman–Crippen MR) is 64.2 cm³/mol. The summed E-state index contributed by atoms with van der Waals surface area (Å²) in [7, 11) is 0. The Hall–Kier alpha value is -0.670. The molecule has 0 unspecified atom stereocenters. The lowest BCUT2D eigenvalue weighted by Crippen LogP contribution is -2.06. The Bertz CT molecular complexity index is 347. The maximum Gasteiger partial charge on any atom is 0.147 e. The maximum atomic E-state index is 11.3. The molecule has 0 saturated heterocycles. The molecule has 0 amide bonds. The second-order valence-electron chi connectivity index (χ2n) is 3.46. The topological polar surface area (TPSA) is 37.3 Å². The Balaban J connectivity index is 2.92. The Kier molecular flexibility index (Phi) is 4.99. The van der Waals surface area contributed by atoms with Gasteiger partial charge in [0.2, 0.25) is 0 Å². The molecule has 1 N–H and O–H groups in total. The third kappa shape index (κ3) is 3.43. The highest BCUT2D eigenvalue weighted by Crippen LogP contribution is 2.14. The molecule has 1 aromatic carbocycles. The number of rotatable bonds is 5. The monoisotopic (exact) mass is 270 g/mol. The van der Waals surface area contributed by atoms with E-state index in [-0.39, 0.29) is 12.4 Å². The van der Waals surface area contributed by atoms with E-state index in [4.69, 9.17) is 5.11 Å². The molecule has 0 aliphatic heterocycles. The number of aliphatic hydroxyl groups is 1. The fourth-order valence-electron chi connectivity index (χ4n) is 1.54. The lowest BCUT2D eigenvalue weighted by atomic mass is 9.98. The van der Waals surface area contributed by atoms with Crippen molar-refractivity contribution in [2.24, 2.45) is 0 Å². The summed E-state index contributed by atoms with van der Waals surface area (Å²) in [5, 5.41) is 9.40. The zero-order valence-electron chi connectivity index (χ0n) is 8.79. The number of Topliss-reactive ketones (excluding diaryl/α,β-unsaturated/α-hetero) is 1. The van der Waals surface area contributed by atoms with Crippen LogP contribution in [0.15, 0.2) is 18.2 Å². The van der Waals surface area contributed by atoms with Gasteiger partial charge < -0.3 is 5.11 Å². The van der Waals surface area contributed by atoms with Gasteiger partial charge in [0.25, 0.3) is 0 Å². The molecule has 1 aromatic rings. The molecule has 1 rings (SSSR count). The average Bonchev–Trinajstić information content (AvgIpc) is 2.29. The third-order valence-electron chi connectivity index (χ3n) is 2.37. The maximum absolute atomic E-state index is 11.3. The molecule has 0 aliphatic carbocycles. The van der Waals surface area contributed by atoms with Crippen LogP contribution in [-0.4, -0.2) is 16.2 Å². The van der Waals surface area contributed by atoms with Gasteiger partial charge in [0.05, 0.1) is 11.9 Å². The van der Waals surface area contributed by atoms with Crippen molar-refractivity contribution in [3.63, 3.8) is 0 Å². The van der Waals surface area contributed by atoms with Crippen LogP contribution in [0.5, 0.6) is 0 Å². The van der Waals surface area contributed by atoms with Crippen molar-refractivity contribution in [3.05, 3.63) is 34.9 Å². The van der Waals surface area contributed by atoms with Gasteiger partial charge in [0.15, 0.2) is 0 Å². The lowest BCUT2D eigenvalue weighted by molar-refractivity contribution is -0.115. The van der Waals surface area contributed by atoms with Crippen molar-refractivity contribution in [2.45, 2.75) is 26.4 Å². The summed E-state index contributed by atoms with van der Waals surface area (Å²) < 4.78 is 0. The van der Waals surface area contributed by atoms with Crippen LogP contribution in [0.25, 0.3) is 0 Å². The number of aryl methyl sites for hydroxylation is 1. The van der Waals surface area contributed by atoms with Gasteiger partial charge >= 0.3 is 0 Å². The zero-order valence-corrected chi connectivity index (χ0v) is 10.4. The molecule has 0 aromatic heterocycles. The number of benzene rings is 1. The largest absolute Gasteiger partial charge is 0.392 e. The number of ketones is 1. The van der Waals surface area contributed by atoms with Crippen LogP contribution in [0.2, 0.25) is 0 Å². The normalized spacial score (nSPS) is 10.3. The lowest BCUT2D eigenvalue weighted by Gasteiger charge is -2.08. The molecule has 0 fully saturated rings. The van der Waals surface area contributed by atoms with Gasteiger partial charge in [0, 0.05) is 6.42 Å².